The van der Waals surface area contributed by atoms with Crippen LogP contribution in [0.15, 0.2) is 24.3 Å². The molecule has 0 saturated heterocycles. The van der Waals surface area contributed by atoms with Gasteiger partial charge in [0.2, 0.25) is 0 Å². The molecule has 0 saturated carbocycles. The number of nitrogens with zero attached hydrogens (tertiary/aromatic N) is 1. The highest BCUT2D eigenvalue weighted by Crippen LogP contribution is 2.19. The van der Waals surface area contributed by atoms with Crippen molar-refractivity contribution in [2.45, 2.75) is 39.8 Å². The van der Waals surface area contributed by atoms with E-state index < -0.39 is 5.37 Å². The Morgan fingerprint density at radius 3 is 2.12 bits per heavy atom. The predicted molar refractivity (Wildman–Crippen MR) is 67.7 cm³/mol. The molecule has 2 nitrogen and oxygen atoms in total. The van der Waals surface area contributed by atoms with Crippen molar-refractivity contribution in [1.29, 1.82) is 0 Å². The number of aryl methyl sites for hydroxylation is 1. The zero-order valence-electron chi connectivity index (χ0n) is 10.2. The SMILES string of the molecule is Cc1ccc(CN(C(=O)Cl)C(C)(C)C)cc1. The van der Waals surface area contributed by atoms with Crippen molar-refractivity contribution in [1.82, 2.24) is 4.90 Å². The average molecular weight is 240 g/mol. The molecule has 0 radical (unpaired) electrons. The molecule has 1 aromatic rings. The highest BCUT2D eigenvalue weighted by molar-refractivity contribution is 6.62. The van der Waals surface area contributed by atoms with Gasteiger partial charge in [-0.25, -0.2) is 0 Å². The van der Waals surface area contributed by atoms with Crippen molar-refractivity contribution in [3.05, 3.63) is 35.4 Å². The molecule has 0 atom stereocenters. The molecule has 0 aliphatic heterocycles. The Hall–Kier alpha value is -1.02. The first kappa shape index (κ1) is 13.0. The number of carbonyl (C=O) groups is 1. The van der Waals surface area contributed by atoms with Gasteiger partial charge in [0, 0.05) is 12.1 Å². The summed E-state index contributed by atoms with van der Waals surface area (Å²) in [6.07, 6.45) is 0. The van der Waals surface area contributed by atoms with E-state index in [9.17, 15) is 4.79 Å². The van der Waals surface area contributed by atoms with Gasteiger partial charge in [-0.2, -0.15) is 0 Å². The topological polar surface area (TPSA) is 20.3 Å². The van der Waals surface area contributed by atoms with E-state index in [1.165, 1.54) is 5.56 Å². The first-order chi connectivity index (χ1) is 7.30. The number of halogens is 1. The molecule has 0 fully saturated rings. The summed E-state index contributed by atoms with van der Waals surface area (Å²) in [6, 6.07) is 8.12. The van der Waals surface area contributed by atoms with Crippen LogP contribution in [-0.4, -0.2) is 15.8 Å². The molecule has 0 aliphatic carbocycles. The first-order valence-electron chi connectivity index (χ1n) is 5.33. The van der Waals surface area contributed by atoms with Crippen LogP contribution in [0.5, 0.6) is 0 Å². The Kier molecular flexibility index (Phi) is 3.98. The molecule has 1 aromatic carbocycles. The van der Waals surface area contributed by atoms with E-state index in [0.29, 0.717) is 6.54 Å². The third-order valence-corrected chi connectivity index (χ3v) is 2.69. The van der Waals surface area contributed by atoms with Crippen molar-refractivity contribution < 1.29 is 4.79 Å². The molecule has 88 valence electrons. The molecular weight excluding hydrogens is 222 g/mol. The second kappa shape index (κ2) is 4.88. The van der Waals surface area contributed by atoms with E-state index in [4.69, 9.17) is 11.6 Å². The van der Waals surface area contributed by atoms with Gasteiger partial charge < -0.3 is 4.90 Å². The Morgan fingerprint density at radius 1 is 1.25 bits per heavy atom. The third kappa shape index (κ3) is 3.53. The summed E-state index contributed by atoms with van der Waals surface area (Å²) in [4.78, 5) is 13.0. The number of amides is 1. The fraction of sp³-hybridized carbons (Fsp3) is 0.462. The van der Waals surface area contributed by atoms with E-state index in [-0.39, 0.29) is 5.54 Å². The Labute approximate surface area is 102 Å². The number of carbonyl (C=O) groups excluding carboxylic acids is 1. The highest BCUT2D eigenvalue weighted by Gasteiger charge is 2.24. The van der Waals surface area contributed by atoms with Gasteiger partial charge in [0.25, 0.3) is 0 Å². The van der Waals surface area contributed by atoms with Crippen molar-refractivity contribution >= 4 is 17.0 Å². The van der Waals surface area contributed by atoms with E-state index in [2.05, 4.69) is 0 Å². The summed E-state index contributed by atoms with van der Waals surface area (Å²) < 4.78 is 0. The third-order valence-electron chi connectivity index (χ3n) is 2.48. The molecule has 0 N–H and O–H groups in total. The Morgan fingerprint density at radius 2 is 1.75 bits per heavy atom. The minimum atomic E-state index is -0.409. The van der Waals surface area contributed by atoms with Gasteiger partial charge in [0.15, 0.2) is 0 Å². The van der Waals surface area contributed by atoms with E-state index in [1.807, 2.05) is 52.0 Å². The maximum atomic E-state index is 11.4. The number of hydrogen-bond donors (Lipinski definition) is 0. The molecule has 1 amide bonds. The number of benzene rings is 1. The standard InChI is InChI=1S/C13H18ClNO/c1-10-5-7-11(8-6-10)9-15(12(14)16)13(2,3)4/h5-8H,9H2,1-4H3. The number of hydrogen-bond acceptors (Lipinski definition) is 1. The zero-order valence-corrected chi connectivity index (χ0v) is 11.0. The molecule has 0 unspecified atom stereocenters. The van der Waals surface area contributed by atoms with Crippen LogP contribution in [0.3, 0.4) is 0 Å². The summed E-state index contributed by atoms with van der Waals surface area (Å²) >= 11 is 5.60. The van der Waals surface area contributed by atoms with Gasteiger partial charge in [-0.15, -0.1) is 0 Å². The lowest BCUT2D eigenvalue weighted by molar-refractivity contribution is 0.161. The van der Waals surface area contributed by atoms with Crippen LogP contribution in [0.4, 0.5) is 4.79 Å². The molecule has 3 heteroatoms. The van der Waals surface area contributed by atoms with Gasteiger partial charge in [0.1, 0.15) is 0 Å². The van der Waals surface area contributed by atoms with Crippen molar-refractivity contribution in [2.24, 2.45) is 0 Å². The van der Waals surface area contributed by atoms with Crippen LogP contribution in [0.2, 0.25) is 0 Å². The summed E-state index contributed by atoms with van der Waals surface area (Å²) in [5.41, 5.74) is 2.04. The summed E-state index contributed by atoms with van der Waals surface area (Å²) in [5, 5.41) is -0.409. The summed E-state index contributed by atoms with van der Waals surface area (Å²) in [5.74, 6) is 0. The number of rotatable bonds is 2. The van der Waals surface area contributed by atoms with Crippen LogP contribution in [0.1, 0.15) is 31.9 Å². The molecule has 16 heavy (non-hydrogen) atoms. The van der Waals surface area contributed by atoms with Crippen LogP contribution < -0.4 is 0 Å². The van der Waals surface area contributed by atoms with Crippen LogP contribution in [0.25, 0.3) is 0 Å². The largest absolute Gasteiger partial charge is 0.320 e. The monoisotopic (exact) mass is 239 g/mol. The predicted octanol–water partition coefficient (Wildman–Crippen LogP) is 3.95. The normalized spacial score (nSPS) is 11.3. The maximum absolute atomic E-state index is 11.4. The van der Waals surface area contributed by atoms with Gasteiger partial charge in [-0.1, -0.05) is 29.8 Å². The molecule has 0 bridgehead atoms. The fourth-order valence-corrected chi connectivity index (χ4v) is 1.75. The lowest BCUT2D eigenvalue weighted by atomic mass is 10.1. The fourth-order valence-electron chi connectivity index (χ4n) is 1.44. The highest BCUT2D eigenvalue weighted by atomic mass is 35.5. The Balaban J connectivity index is 2.84. The second-order valence-electron chi connectivity index (χ2n) is 5.00. The lowest BCUT2D eigenvalue weighted by Gasteiger charge is -2.33. The molecule has 0 aliphatic rings. The van der Waals surface area contributed by atoms with Crippen LogP contribution >= 0.6 is 11.6 Å². The van der Waals surface area contributed by atoms with Gasteiger partial charge >= 0.3 is 5.37 Å². The van der Waals surface area contributed by atoms with Crippen LogP contribution in [-0.2, 0) is 6.54 Å². The molecular formula is C13H18ClNO. The quantitative estimate of drug-likeness (QED) is 0.565. The lowest BCUT2D eigenvalue weighted by Crippen LogP contribution is -2.42. The maximum Gasteiger partial charge on any atom is 0.317 e. The van der Waals surface area contributed by atoms with Gasteiger partial charge in [0.05, 0.1) is 0 Å². The molecule has 1 rings (SSSR count). The minimum Gasteiger partial charge on any atom is -0.320 e. The van der Waals surface area contributed by atoms with E-state index in [1.54, 1.807) is 4.90 Å². The van der Waals surface area contributed by atoms with Crippen molar-refractivity contribution in [3.63, 3.8) is 0 Å². The first-order valence-corrected chi connectivity index (χ1v) is 5.71. The van der Waals surface area contributed by atoms with Crippen molar-refractivity contribution in [3.8, 4) is 0 Å². The molecule has 0 heterocycles. The molecule has 0 spiro atoms. The van der Waals surface area contributed by atoms with E-state index >= 15 is 0 Å². The van der Waals surface area contributed by atoms with Crippen LogP contribution in [0, 0.1) is 6.92 Å². The Bertz CT molecular complexity index is 365. The summed E-state index contributed by atoms with van der Waals surface area (Å²) in [6.45, 7) is 8.51. The van der Waals surface area contributed by atoms with E-state index in [0.717, 1.165) is 5.56 Å². The average Bonchev–Trinajstić information content (AvgIpc) is 2.14. The van der Waals surface area contributed by atoms with Gasteiger partial charge in [-0.05, 0) is 44.9 Å². The van der Waals surface area contributed by atoms with Gasteiger partial charge in [-0.3, -0.25) is 4.79 Å². The minimum absolute atomic E-state index is 0.260. The zero-order chi connectivity index (χ0) is 12.3. The summed E-state index contributed by atoms with van der Waals surface area (Å²) in [7, 11) is 0. The molecule has 0 aromatic heterocycles. The van der Waals surface area contributed by atoms with Crippen molar-refractivity contribution in [2.75, 3.05) is 0 Å². The smallest absolute Gasteiger partial charge is 0.317 e. The second-order valence-corrected chi connectivity index (χ2v) is 5.32.